The van der Waals surface area contributed by atoms with Crippen LogP contribution in [0.2, 0.25) is 0 Å². The van der Waals surface area contributed by atoms with Crippen LogP contribution in [-0.4, -0.2) is 23.3 Å². The first-order valence-electron chi connectivity index (χ1n) is 6.98. The van der Waals surface area contributed by atoms with Crippen molar-refractivity contribution in [2.45, 2.75) is 51.6 Å². The molecule has 0 amide bonds. The highest BCUT2D eigenvalue weighted by molar-refractivity contribution is 5.76. The fourth-order valence-corrected chi connectivity index (χ4v) is 3.01. The third-order valence-corrected chi connectivity index (χ3v) is 3.98. The van der Waals surface area contributed by atoms with E-state index in [2.05, 4.69) is 42.2 Å². The Bertz CT molecular complexity index is 387. The van der Waals surface area contributed by atoms with Crippen molar-refractivity contribution in [2.24, 2.45) is 0 Å². The summed E-state index contributed by atoms with van der Waals surface area (Å²) in [6.45, 7) is 5.09. The number of carbonyl (C=O) groups is 1. The summed E-state index contributed by atoms with van der Waals surface area (Å²) in [7, 11) is 0. The fourth-order valence-electron chi connectivity index (χ4n) is 3.01. The normalized spacial score (nSPS) is 22.7. The molecule has 2 atom stereocenters. The molecule has 98 valence electrons. The van der Waals surface area contributed by atoms with Crippen molar-refractivity contribution in [1.82, 2.24) is 4.90 Å². The van der Waals surface area contributed by atoms with Gasteiger partial charge in [0.05, 0.1) is 0 Å². The first-order valence-corrected chi connectivity index (χ1v) is 6.98. The molecule has 0 radical (unpaired) electrons. The van der Waals surface area contributed by atoms with Crippen molar-refractivity contribution in [3.8, 4) is 0 Å². The summed E-state index contributed by atoms with van der Waals surface area (Å²) in [5, 5.41) is 0. The number of ketones is 1. The lowest BCUT2D eigenvalue weighted by molar-refractivity contribution is -0.118. The minimum absolute atomic E-state index is 0.312. The Balaban J connectivity index is 2.11. The molecule has 1 aliphatic rings. The lowest BCUT2D eigenvalue weighted by atomic mass is 9.94. The van der Waals surface area contributed by atoms with Gasteiger partial charge in [0.2, 0.25) is 0 Å². The minimum Gasteiger partial charge on any atom is -0.300 e. The van der Waals surface area contributed by atoms with Crippen LogP contribution in [0.5, 0.6) is 0 Å². The maximum atomic E-state index is 11.4. The molecule has 0 bridgehead atoms. The fraction of sp³-hybridized carbons (Fsp3) is 0.562. The predicted octanol–water partition coefficient (Wildman–Crippen LogP) is 3.58. The first-order chi connectivity index (χ1) is 8.68. The molecular formula is C16H23NO. The molecule has 2 heteroatoms. The quantitative estimate of drug-likeness (QED) is 0.808. The van der Waals surface area contributed by atoms with Crippen LogP contribution in [-0.2, 0) is 4.79 Å². The van der Waals surface area contributed by atoms with E-state index >= 15 is 0 Å². The molecule has 0 aliphatic carbocycles. The van der Waals surface area contributed by atoms with E-state index in [1.54, 1.807) is 6.92 Å². The molecule has 2 unspecified atom stereocenters. The van der Waals surface area contributed by atoms with Gasteiger partial charge in [-0.05, 0) is 38.8 Å². The number of likely N-dealkylation sites (tertiary alicyclic amines) is 1. The van der Waals surface area contributed by atoms with Crippen molar-refractivity contribution in [3.05, 3.63) is 35.9 Å². The molecule has 1 aliphatic heterocycles. The van der Waals surface area contributed by atoms with Gasteiger partial charge in [-0.25, -0.2) is 0 Å². The largest absolute Gasteiger partial charge is 0.300 e. The van der Waals surface area contributed by atoms with Crippen LogP contribution in [0.3, 0.4) is 0 Å². The summed E-state index contributed by atoms with van der Waals surface area (Å²) in [5.74, 6) is 0.312. The smallest absolute Gasteiger partial charge is 0.131 e. The van der Waals surface area contributed by atoms with Crippen LogP contribution in [0, 0.1) is 0 Å². The van der Waals surface area contributed by atoms with Gasteiger partial charge in [-0.15, -0.1) is 0 Å². The zero-order chi connectivity index (χ0) is 13.0. The van der Waals surface area contributed by atoms with E-state index in [9.17, 15) is 4.79 Å². The van der Waals surface area contributed by atoms with E-state index in [0.717, 1.165) is 13.0 Å². The summed E-state index contributed by atoms with van der Waals surface area (Å²) in [5.41, 5.74) is 1.35. The van der Waals surface area contributed by atoms with Crippen LogP contribution in [0.1, 0.15) is 51.1 Å². The number of Topliss-reactive ketones (excluding diaryl/α,β-unsaturated/α-hetero) is 1. The maximum absolute atomic E-state index is 11.4. The van der Waals surface area contributed by atoms with Crippen LogP contribution in [0.4, 0.5) is 0 Å². The lowest BCUT2D eigenvalue weighted by Gasteiger charge is -2.39. The number of carbonyl (C=O) groups excluding carboxylic acids is 1. The summed E-state index contributed by atoms with van der Waals surface area (Å²) in [6.07, 6.45) is 4.38. The molecule has 0 N–H and O–H groups in total. The van der Waals surface area contributed by atoms with Gasteiger partial charge < -0.3 is 0 Å². The summed E-state index contributed by atoms with van der Waals surface area (Å²) >= 11 is 0. The maximum Gasteiger partial charge on any atom is 0.131 e. The predicted molar refractivity (Wildman–Crippen MR) is 74.5 cm³/mol. The average molecular weight is 245 g/mol. The van der Waals surface area contributed by atoms with Crippen LogP contribution < -0.4 is 0 Å². The van der Waals surface area contributed by atoms with Crippen molar-refractivity contribution in [2.75, 3.05) is 6.54 Å². The lowest BCUT2D eigenvalue weighted by Crippen LogP contribution is -2.42. The molecule has 18 heavy (non-hydrogen) atoms. The molecule has 1 aromatic rings. The molecule has 0 aromatic heterocycles. The van der Waals surface area contributed by atoms with Gasteiger partial charge in [0, 0.05) is 18.5 Å². The van der Waals surface area contributed by atoms with Crippen molar-refractivity contribution < 1.29 is 4.79 Å². The number of hydrogen-bond donors (Lipinski definition) is 0. The van der Waals surface area contributed by atoms with E-state index in [4.69, 9.17) is 0 Å². The van der Waals surface area contributed by atoms with E-state index in [0.29, 0.717) is 24.3 Å². The number of piperidine rings is 1. The van der Waals surface area contributed by atoms with Crippen LogP contribution in [0.15, 0.2) is 30.3 Å². The molecule has 0 spiro atoms. The summed E-state index contributed by atoms with van der Waals surface area (Å²) in [6, 6.07) is 11.5. The number of benzene rings is 1. The Hall–Kier alpha value is -1.15. The van der Waals surface area contributed by atoms with Gasteiger partial charge in [0.25, 0.3) is 0 Å². The monoisotopic (exact) mass is 245 g/mol. The van der Waals surface area contributed by atoms with Gasteiger partial charge in [-0.3, -0.25) is 9.69 Å². The Labute approximate surface area is 110 Å². The number of rotatable bonds is 4. The molecule has 2 nitrogen and oxygen atoms in total. The van der Waals surface area contributed by atoms with E-state index < -0.39 is 0 Å². The van der Waals surface area contributed by atoms with E-state index in [1.807, 2.05) is 0 Å². The third-order valence-electron chi connectivity index (χ3n) is 3.98. The van der Waals surface area contributed by atoms with Gasteiger partial charge in [-0.1, -0.05) is 36.8 Å². The SMILES string of the molecule is CC(=O)CC1CCCCN1C(C)c1ccccc1. The molecule has 1 aromatic carbocycles. The Morgan fingerprint density at radius 1 is 1.33 bits per heavy atom. The minimum atomic E-state index is 0.312. The van der Waals surface area contributed by atoms with Gasteiger partial charge >= 0.3 is 0 Å². The first kappa shape index (κ1) is 13.3. The molecular weight excluding hydrogens is 222 g/mol. The van der Waals surface area contributed by atoms with E-state index in [1.165, 1.54) is 18.4 Å². The molecule has 2 rings (SSSR count). The Morgan fingerprint density at radius 2 is 2.06 bits per heavy atom. The zero-order valence-electron chi connectivity index (χ0n) is 11.4. The molecule has 1 heterocycles. The standard InChI is InChI=1S/C16H23NO/c1-13(18)12-16-10-6-7-11-17(16)14(2)15-8-4-3-5-9-15/h3-5,8-9,14,16H,6-7,10-12H2,1-2H3. The second-order valence-electron chi connectivity index (χ2n) is 5.38. The Kier molecular flexibility index (Phi) is 4.54. The zero-order valence-corrected chi connectivity index (χ0v) is 11.4. The van der Waals surface area contributed by atoms with Crippen molar-refractivity contribution >= 4 is 5.78 Å². The van der Waals surface area contributed by atoms with Crippen LogP contribution in [0.25, 0.3) is 0 Å². The number of hydrogen-bond acceptors (Lipinski definition) is 2. The van der Waals surface area contributed by atoms with E-state index in [-0.39, 0.29) is 0 Å². The molecule has 1 fully saturated rings. The highest BCUT2D eigenvalue weighted by Gasteiger charge is 2.27. The Morgan fingerprint density at radius 3 is 2.72 bits per heavy atom. The second-order valence-corrected chi connectivity index (χ2v) is 5.38. The van der Waals surface area contributed by atoms with Gasteiger partial charge in [0.1, 0.15) is 5.78 Å². The van der Waals surface area contributed by atoms with Gasteiger partial charge in [0.15, 0.2) is 0 Å². The molecule has 0 saturated carbocycles. The van der Waals surface area contributed by atoms with Crippen molar-refractivity contribution in [1.29, 1.82) is 0 Å². The number of nitrogens with zero attached hydrogens (tertiary/aromatic N) is 1. The average Bonchev–Trinajstić information content (AvgIpc) is 2.39. The van der Waals surface area contributed by atoms with Gasteiger partial charge in [-0.2, -0.15) is 0 Å². The third kappa shape index (κ3) is 3.20. The summed E-state index contributed by atoms with van der Waals surface area (Å²) in [4.78, 5) is 13.9. The molecule has 1 saturated heterocycles. The second kappa shape index (κ2) is 6.14. The van der Waals surface area contributed by atoms with Crippen LogP contribution >= 0.6 is 0 Å². The summed E-state index contributed by atoms with van der Waals surface area (Å²) < 4.78 is 0. The highest BCUT2D eigenvalue weighted by atomic mass is 16.1. The topological polar surface area (TPSA) is 20.3 Å². The highest BCUT2D eigenvalue weighted by Crippen LogP contribution is 2.29. The van der Waals surface area contributed by atoms with Crippen molar-refractivity contribution in [3.63, 3.8) is 0 Å².